The van der Waals surface area contributed by atoms with Crippen LogP contribution in [0.5, 0.6) is 0 Å². The molecule has 1 heterocycles. The Balaban J connectivity index is 2.18. The molecule has 0 spiro atoms. The van der Waals surface area contributed by atoms with Crippen LogP contribution >= 0.6 is 11.8 Å². The monoisotopic (exact) mass is 297 g/mol. The molecule has 1 aliphatic rings. The Morgan fingerprint density at radius 2 is 2.20 bits per heavy atom. The summed E-state index contributed by atoms with van der Waals surface area (Å²) in [7, 11) is 0. The minimum absolute atomic E-state index is 0.0458. The number of nitrogens with zero attached hydrogens (tertiary/aromatic N) is 3. The summed E-state index contributed by atoms with van der Waals surface area (Å²) in [6.07, 6.45) is 6.82. The summed E-state index contributed by atoms with van der Waals surface area (Å²) in [6, 6.07) is 0.412. The van der Waals surface area contributed by atoms with Gasteiger partial charge in [-0.15, -0.1) is 10.2 Å². The average Bonchev–Trinajstić information content (AvgIpc) is 3.15. The minimum Gasteiger partial charge on any atom is -0.481 e. The number of hydrogen-bond donors (Lipinski definition) is 1. The van der Waals surface area contributed by atoms with E-state index in [0.29, 0.717) is 6.04 Å². The lowest BCUT2D eigenvalue weighted by Gasteiger charge is -2.20. The van der Waals surface area contributed by atoms with Crippen molar-refractivity contribution in [3.05, 3.63) is 5.82 Å². The highest BCUT2D eigenvalue weighted by atomic mass is 32.2. The smallest absolute Gasteiger partial charge is 0.313 e. The Kier molecular flexibility index (Phi) is 5.46. The Bertz CT molecular complexity index is 457. The number of carboxylic acid groups (broad SMARTS) is 1. The second kappa shape index (κ2) is 7.11. The van der Waals surface area contributed by atoms with Gasteiger partial charge in [0.1, 0.15) is 5.82 Å². The van der Waals surface area contributed by atoms with Crippen molar-refractivity contribution in [3.8, 4) is 0 Å². The molecule has 0 aromatic carbocycles. The molecule has 1 saturated carbocycles. The molecule has 6 heteroatoms. The molecule has 1 aliphatic carbocycles. The zero-order valence-electron chi connectivity index (χ0n) is 12.2. The topological polar surface area (TPSA) is 68.0 Å². The van der Waals surface area contributed by atoms with Gasteiger partial charge >= 0.3 is 5.97 Å². The molecule has 1 aromatic rings. The molecule has 1 fully saturated rings. The molecule has 0 amide bonds. The van der Waals surface area contributed by atoms with Crippen LogP contribution in [0.3, 0.4) is 0 Å². The van der Waals surface area contributed by atoms with Gasteiger partial charge in [0, 0.05) is 12.5 Å². The molecular weight excluding hydrogens is 274 g/mol. The van der Waals surface area contributed by atoms with Crippen molar-refractivity contribution in [2.24, 2.45) is 5.92 Å². The van der Waals surface area contributed by atoms with Crippen LogP contribution in [0.4, 0.5) is 0 Å². The van der Waals surface area contributed by atoms with Crippen molar-refractivity contribution in [3.63, 3.8) is 0 Å². The first kappa shape index (κ1) is 15.4. The number of aryl methyl sites for hydroxylation is 1. The maximum Gasteiger partial charge on any atom is 0.313 e. The highest BCUT2D eigenvalue weighted by Crippen LogP contribution is 2.39. The zero-order valence-corrected chi connectivity index (χ0v) is 13.0. The third-order valence-electron chi connectivity index (χ3n) is 3.67. The van der Waals surface area contributed by atoms with Crippen LogP contribution in [-0.4, -0.2) is 31.6 Å². The van der Waals surface area contributed by atoms with E-state index in [1.165, 1.54) is 31.0 Å². The zero-order chi connectivity index (χ0) is 14.5. The molecule has 1 aromatic heterocycles. The van der Waals surface area contributed by atoms with Crippen LogP contribution in [-0.2, 0) is 11.2 Å². The van der Waals surface area contributed by atoms with E-state index in [1.807, 2.05) is 0 Å². The van der Waals surface area contributed by atoms with E-state index in [4.69, 9.17) is 5.11 Å². The van der Waals surface area contributed by atoms with Crippen LogP contribution < -0.4 is 0 Å². The Labute approximate surface area is 124 Å². The van der Waals surface area contributed by atoms with Crippen LogP contribution in [0.15, 0.2) is 5.16 Å². The highest BCUT2D eigenvalue weighted by Gasteiger charge is 2.28. The molecule has 5 nitrogen and oxygen atoms in total. The number of rotatable bonds is 9. The molecule has 0 saturated heterocycles. The lowest BCUT2D eigenvalue weighted by Crippen LogP contribution is -2.14. The molecular formula is C14H23N3O2S. The quantitative estimate of drug-likeness (QED) is 0.709. The summed E-state index contributed by atoms with van der Waals surface area (Å²) >= 11 is 1.28. The molecule has 1 atom stereocenters. The first-order valence-corrected chi connectivity index (χ1v) is 8.42. The van der Waals surface area contributed by atoms with Crippen molar-refractivity contribution in [2.75, 3.05) is 5.75 Å². The van der Waals surface area contributed by atoms with Gasteiger partial charge in [0.2, 0.25) is 0 Å². The van der Waals surface area contributed by atoms with Crippen molar-refractivity contribution >= 4 is 17.7 Å². The lowest BCUT2D eigenvalue weighted by atomic mass is 10.1. The lowest BCUT2D eigenvalue weighted by molar-refractivity contribution is -0.133. The average molecular weight is 297 g/mol. The third kappa shape index (κ3) is 3.98. The molecule has 0 radical (unpaired) electrons. The number of aromatic nitrogens is 3. The van der Waals surface area contributed by atoms with Crippen LogP contribution in [0.1, 0.15) is 57.8 Å². The summed E-state index contributed by atoms with van der Waals surface area (Å²) in [6.45, 7) is 4.32. The van der Waals surface area contributed by atoms with E-state index in [2.05, 4.69) is 28.6 Å². The van der Waals surface area contributed by atoms with E-state index in [-0.39, 0.29) is 5.75 Å². The number of thioether (sulfide) groups is 1. The van der Waals surface area contributed by atoms with E-state index in [1.54, 1.807) is 0 Å². The number of aliphatic carboxylic acids is 1. The molecule has 112 valence electrons. The first-order chi connectivity index (χ1) is 9.65. The van der Waals surface area contributed by atoms with E-state index in [0.717, 1.165) is 36.2 Å². The predicted octanol–water partition coefficient (Wildman–Crippen LogP) is 3.16. The fourth-order valence-electron chi connectivity index (χ4n) is 2.49. The van der Waals surface area contributed by atoms with Gasteiger partial charge < -0.3 is 9.67 Å². The third-order valence-corrected chi connectivity index (χ3v) is 4.60. The first-order valence-electron chi connectivity index (χ1n) is 7.44. The van der Waals surface area contributed by atoms with Crippen molar-refractivity contribution < 1.29 is 9.90 Å². The van der Waals surface area contributed by atoms with Gasteiger partial charge in [0.25, 0.3) is 0 Å². The second-order valence-corrected chi connectivity index (χ2v) is 6.38. The van der Waals surface area contributed by atoms with Gasteiger partial charge in [-0.2, -0.15) is 0 Å². The van der Waals surface area contributed by atoms with E-state index in [9.17, 15) is 4.79 Å². The molecule has 2 rings (SSSR count). The number of carboxylic acids is 1. The standard InChI is InChI=1S/C14H23N3O2S/c1-3-5-12-15-16-14(20-9-13(18)19)17(12)11(4-2)8-10-6-7-10/h10-11H,3-9H2,1-2H3,(H,18,19). The van der Waals surface area contributed by atoms with Crippen LogP contribution in [0.2, 0.25) is 0 Å². The van der Waals surface area contributed by atoms with Gasteiger partial charge in [-0.3, -0.25) is 4.79 Å². The maximum atomic E-state index is 10.8. The molecule has 20 heavy (non-hydrogen) atoms. The predicted molar refractivity (Wildman–Crippen MR) is 79.0 cm³/mol. The maximum absolute atomic E-state index is 10.8. The second-order valence-electron chi connectivity index (χ2n) is 5.44. The molecule has 0 aliphatic heterocycles. The fraction of sp³-hybridized carbons (Fsp3) is 0.786. The fourth-order valence-corrected chi connectivity index (χ4v) is 3.23. The van der Waals surface area contributed by atoms with Crippen molar-refractivity contribution in [1.82, 2.24) is 14.8 Å². The van der Waals surface area contributed by atoms with Gasteiger partial charge in [0.05, 0.1) is 5.75 Å². The summed E-state index contributed by atoms with van der Waals surface area (Å²) in [4.78, 5) is 10.8. The molecule has 0 bridgehead atoms. The SMILES string of the molecule is CCCc1nnc(SCC(=O)O)n1C(CC)CC1CC1. The Morgan fingerprint density at radius 3 is 2.75 bits per heavy atom. The van der Waals surface area contributed by atoms with Gasteiger partial charge in [0.15, 0.2) is 5.16 Å². The summed E-state index contributed by atoms with van der Waals surface area (Å²) in [5.74, 6) is 1.09. The van der Waals surface area contributed by atoms with E-state index < -0.39 is 5.97 Å². The van der Waals surface area contributed by atoms with Gasteiger partial charge in [-0.1, -0.05) is 38.5 Å². The normalized spacial score (nSPS) is 16.3. The summed E-state index contributed by atoms with van der Waals surface area (Å²) < 4.78 is 2.20. The van der Waals surface area contributed by atoms with E-state index >= 15 is 0 Å². The van der Waals surface area contributed by atoms with Gasteiger partial charge in [-0.05, 0) is 25.2 Å². The van der Waals surface area contributed by atoms with Crippen molar-refractivity contribution in [2.45, 2.75) is 63.6 Å². The van der Waals surface area contributed by atoms with Gasteiger partial charge in [-0.25, -0.2) is 0 Å². The number of carbonyl (C=O) groups is 1. The number of hydrogen-bond acceptors (Lipinski definition) is 4. The largest absolute Gasteiger partial charge is 0.481 e. The Hall–Kier alpha value is -1.04. The highest BCUT2D eigenvalue weighted by molar-refractivity contribution is 7.99. The van der Waals surface area contributed by atoms with Crippen LogP contribution in [0.25, 0.3) is 0 Å². The molecule has 1 N–H and O–H groups in total. The van der Waals surface area contributed by atoms with Crippen LogP contribution in [0, 0.1) is 5.92 Å². The summed E-state index contributed by atoms with van der Waals surface area (Å²) in [5, 5.41) is 18.1. The molecule has 1 unspecified atom stereocenters. The minimum atomic E-state index is -0.808. The Morgan fingerprint density at radius 1 is 1.45 bits per heavy atom. The van der Waals surface area contributed by atoms with Crippen molar-refractivity contribution in [1.29, 1.82) is 0 Å². The summed E-state index contributed by atoms with van der Waals surface area (Å²) in [5.41, 5.74) is 0.